The van der Waals surface area contributed by atoms with Gasteiger partial charge in [0.2, 0.25) is 0 Å². The number of nitriles is 1. The van der Waals surface area contributed by atoms with Crippen LogP contribution in [0.2, 0.25) is 0 Å². The third-order valence-electron chi connectivity index (χ3n) is 3.74. The maximum atomic E-state index is 8.82. The first kappa shape index (κ1) is 12.6. The highest BCUT2D eigenvalue weighted by molar-refractivity contribution is 4.79. The topological polar surface area (TPSA) is 23.8 Å². The van der Waals surface area contributed by atoms with Gasteiger partial charge in [-0.15, -0.1) is 0 Å². The highest BCUT2D eigenvalue weighted by atomic mass is 14.3. The van der Waals surface area contributed by atoms with Crippen molar-refractivity contribution >= 4 is 0 Å². The van der Waals surface area contributed by atoms with Crippen molar-refractivity contribution in [3.8, 4) is 6.07 Å². The number of unbranched alkanes of at least 4 members (excludes halogenated alkanes) is 1. The fourth-order valence-corrected chi connectivity index (χ4v) is 2.82. The van der Waals surface area contributed by atoms with Crippen LogP contribution in [0.15, 0.2) is 0 Å². The molecule has 0 amide bonds. The van der Waals surface area contributed by atoms with Gasteiger partial charge in [-0.05, 0) is 24.7 Å². The van der Waals surface area contributed by atoms with Gasteiger partial charge in [-0.2, -0.15) is 5.26 Å². The average Bonchev–Trinajstić information content (AvgIpc) is 2.28. The van der Waals surface area contributed by atoms with Gasteiger partial charge >= 0.3 is 0 Å². The molecule has 1 saturated carbocycles. The standard InChI is InChI=1S/C14H25N/c1-2-3-7-14(10-11-15)12-13-8-5-4-6-9-13/h13-14H,2-10,12H2,1H3. The van der Waals surface area contributed by atoms with E-state index >= 15 is 0 Å². The van der Waals surface area contributed by atoms with Gasteiger partial charge in [0.25, 0.3) is 0 Å². The van der Waals surface area contributed by atoms with Crippen LogP contribution in [-0.2, 0) is 0 Å². The van der Waals surface area contributed by atoms with Crippen LogP contribution in [0.5, 0.6) is 0 Å². The monoisotopic (exact) mass is 207 g/mol. The summed E-state index contributed by atoms with van der Waals surface area (Å²) in [5, 5.41) is 8.82. The van der Waals surface area contributed by atoms with Crippen LogP contribution in [0, 0.1) is 23.2 Å². The van der Waals surface area contributed by atoms with Crippen molar-refractivity contribution in [3.05, 3.63) is 0 Å². The Morgan fingerprint density at radius 3 is 2.60 bits per heavy atom. The molecule has 1 aliphatic carbocycles. The molecule has 1 heteroatoms. The molecule has 0 saturated heterocycles. The second-order valence-corrected chi connectivity index (χ2v) is 5.11. The van der Waals surface area contributed by atoms with Gasteiger partial charge < -0.3 is 0 Å². The largest absolute Gasteiger partial charge is 0.198 e. The van der Waals surface area contributed by atoms with E-state index in [2.05, 4.69) is 13.0 Å². The predicted molar refractivity (Wildman–Crippen MR) is 64.4 cm³/mol. The molecule has 15 heavy (non-hydrogen) atoms. The minimum Gasteiger partial charge on any atom is -0.198 e. The molecule has 0 aliphatic heterocycles. The molecule has 1 aliphatic rings. The Kier molecular flexibility index (Phi) is 6.48. The molecule has 0 heterocycles. The van der Waals surface area contributed by atoms with Crippen LogP contribution in [0.3, 0.4) is 0 Å². The van der Waals surface area contributed by atoms with E-state index in [0.717, 1.165) is 12.3 Å². The molecule has 0 radical (unpaired) electrons. The minimum absolute atomic E-state index is 0.693. The molecular weight excluding hydrogens is 182 g/mol. The van der Waals surface area contributed by atoms with Crippen molar-refractivity contribution in [2.45, 2.75) is 71.1 Å². The minimum atomic E-state index is 0.693. The highest BCUT2D eigenvalue weighted by Gasteiger charge is 2.18. The van der Waals surface area contributed by atoms with Gasteiger partial charge in [0.1, 0.15) is 0 Å². The van der Waals surface area contributed by atoms with Gasteiger partial charge in [0.05, 0.1) is 6.07 Å². The van der Waals surface area contributed by atoms with Gasteiger partial charge in [-0.25, -0.2) is 0 Å². The fraction of sp³-hybridized carbons (Fsp3) is 0.929. The molecule has 0 spiro atoms. The Labute approximate surface area is 94.9 Å². The number of rotatable bonds is 6. The zero-order chi connectivity index (χ0) is 10.9. The van der Waals surface area contributed by atoms with Crippen molar-refractivity contribution < 1.29 is 0 Å². The predicted octanol–water partition coefficient (Wildman–Crippen LogP) is 4.68. The summed E-state index contributed by atoms with van der Waals surface area (Å²) >= 11 is 0. The second-order valence-electron chi connectivity index (χ2n) is 5.11. The molecule has 0 aromatic rings. The van der Waals surface area contributed by atoms with Gasteiger partial charge in [0, 0.05) is 6.42 Å². The van der Waals surface area contributed by atoms with E-state index in [9.17, 15) is 0 Å². The lowest BCUT2D eigenvalue weighted by atomic mass is 9.80. The summed E-state index contributed by atoms with van der Waals surface area (Å²) in [5.41, 5.74) is 0. The maximum Gasteiger partial charge on any atom is 0.0624 e. The first-order chi connectivity index (χ1) is 7.36. The lowest BCUT2D eigenvalue weighted by Gasteiger charge is -2.25. The SMILES string of the molecule is CCCCC(CC#N)CC1CCCCC1. The maximum absolute atomic E-state index is 8.82. The summed E-state index contributed by atoms with van der Waals surface area (Å²) in [5.74, 6) is 1.63. The Bertz CT molecular complexity index is 186. The molecule has 86 valence electrons. The van der Waals surface area contributed by atoms with Crippen LogP contribution in [0.1, 0.15) is 71.1 Å². The van der Waals surface area contributed by atoms with E-state index in [-0.39, 0.29) is 0 Å². The summed E-state index contributed by atoms with van der Waals surface area (Å²) in [6.45, 7) is 2.24. The first-order valence-electron chi connectivity index (χ1n) is 6.73. The summed E-state index contributed by atoms with van der Waals surface area (Å²) in [6.07, 6.45) is 13.1. The van der Waals surface area contributed by atoms with Gasteiger partial charge in [-0.3, -0.25) is 0 Å². The van der Waals surface area contributed by atoms with E-state index in [1.165, 1.54) is 57.8 Å². The fourth-order valence-electron chi connectivity index (χ4n) is 2.82. The zero-order valence-electron chi connectivity index (χ0n) is 10.2. The number of hydrogen-bond donors (Lipinski definition) is 0. The second kappa shape index (κ2) is 7.74. The first-order valence-corrected chi connectivity index (χ1v) is 6.73. The van der Waals surface area contributed by atoms with Crippen molar-refractivity contribution in [2.75, 3.05) is 0 Å². The van der Waals surface area contributed by atoms with Crippen LogP contribution < -0.4 is 0 Å². The van der Waals surface area contributed by atoms with Crippen LogP contribution >= 0.6 is 0 Å². The summed E-state index contributed by atoms with van der Waals surface area (Å²) in [7, 11) is 0. The van der Waals surface area contributed by atoms with Gasteiger partial charge in [0.15, 0.2) is 0 Å². The number of nitrogens with zero attached hydrogens (tertiary/aromatic N) is 1. The molecule has 1 atom stereocenters. The molecule has 1 nitrogen and oxygen atoms in total. The van der Waals surface area contributed by atoms with Crippen molar-refractivity contribution in [3.63, 3.8) is 0 Å². The van der Waals surface area contributed by atoms with Gasteiger partial charge in [-0.1, -0.05) is 51.9 Å². The third kappa shape index (κ3) is 5.21. The summed E-state index contributed by atoms with van der Waals surface area (Å²) in [6, 6.07) is 2.37. The zero-order valence-corrected chi connectivity index (χ0v) is 10.2. The molecule has 1 fully saturated rings. The number of hydrogen-bond acceptors (Lipinski definition) is 1. The highest BCUT2D eigenvalue weighted by Crippen LogP contribution is 2.31. The summed E-state index contributed by atoms with van der Waals surface area (Å²) < 4.78 is 0. The molecule has 0 N–H and O–H groups in total. The van der Waals surface area contributed by atoms with E-state index in [0.29, 0.717) is 5.92 Å². The summed E-state index contributed by atoms with van der Waals surface area (Å²) in [4.78, 5) is 0. The van der Waals surface area contributed by atoms with Crippen molar-refractivity contribution in [2.24, 2.45) is 11.8 Å². The molecule has 0 aromatic carbocycles. The van der Waals surface area contributed by atoms with E-state index in [4.69, 9.17) is 5.26 Å². The Hall–Kier alpha value is -0.510. The average molecular weight is 207 g/mol. The molecule has 1 rings (SSSR count). The smallest absolute Gasteiger partial charge is 0.0624 e. The van der Waals surface area contributed by atoms with E-state index in [1.54, 1.807) is 0 Å². The van der Waals surface area contributed by atoms with Crippen LogP contribution in [0.4, 0.5) is 0 Å². The quantitative estimate of drug-likeness (QED) is 0.620. The van der Waals surface area contributed by atoms with E-state index < -0.39 is 0 Å². The van der Waals surface area contributed by atoms with Crippen molar-refractivity contribution in [1.82, 2.24) is 0 Å². The normalized spacial score (nSPS) is 19.7. The Morgan fingerprint density at radius 1 is 1.27 bits per heavy atom. The molecule has 0 bridgehead atoms. The molecular formula is C14H25N. The van der Waals surface area contributed by atoms with Crippen LogP contribution in [0.25, 0.3) is 0 Å². The molecule has 0 aromatic heterocycles. The van der Waals surface area contributed by atoms with E-state index in [1.807, 2.05) is 0 Å². The van der Waals surface area contributed by atoms with Crippen LogP contribution in [-0.4, -0.2) is 0 Å². The lowest BCUT2D eigenvalue weighted by molar-refractivity contribution is 0.277. The van der Waals surface area contributed by atoms with Crippen molar-refractivity contribution in [1.29, 1.82) is 5.26 Å². The lowest BCUT2D eigenvalue weighted by Crippen LogP contribution is -2.12. The Morgan fingerprint density at radius 2 is 2.00 bits per heavy atom. The third-order valence-corrected chi connectivity index (χ3v) is 3.74. The molecule has 1 unspecified atom stereocenters. The Balaban J connectivity index is 2.25.